The molecule has 0 aliphatic carbocycles. The summed E-state index contributed by atoms with van der Waals surface area (Å²) in [6, 6.07) is 13.0. The number of halogens is 1. The average Bonchev–Trinajstić information content (AvgIpc) is 2.28. The van der Waals surface area contributed by atoms with Gasteiger partial charge in [-0.25, -0.2) is 0 Å². The Labute approximate surface area is 111 Å². The highest BCUT2D eigenvalue weighted by Crippen LogP contribution is 2.29. The molecule has 2 aromatic rings. The Kier molecular flexibility index (Phi) is 3.64. The van der Waals surface area contributed by atoms with E-state index in [-0.39, 0.29) is 0 Å². The van der Waals surface area contributed by atoms with Crippen molar-refractivity contribution in [1.29, 1.82) is 0 Å². The SMILES string of the molecule is CC(C)c1c(C=CI)ccc2ccccc12. The lowest BCUT2D eigenvalue weighted by Crippen LogP contribution is -1.93. The average molecular weight is 322 g/mol. The fourth-order valence-corrected chi connectivity index (χ4v) is 2.56. The minimum Gasteiger partial charge on any atom is -0.0616 e. The lowest BCUT2D eigenvalue weighted by molar-refractivity contribution is 0.874. The molecule has 0 aliphatic rings. The highest BCUT2D eigenvalue weighted by Gasteiger charge is 2.08. The molecular weight excluding hydrogens is 307 g/mol. The lowest BCUT2D eigenvalue weighted by Gasteiger charge is -2.13. The van der Waals surface area contributed by atoms with Crippen LogP contribution in [0.25, 0.3) is 16.8 Å². The van der Waals surface area contributed by atoms with Gasteiger partial charge >= 0.3 is 0 Å². The van der Waals surface area contributed by atoms with Crippen LogP contribution in [-0.4, -0.2) is 0 Å². The van der Waals surface area contributed by atoms with Crippen LogP contribution in [0.4, 0.5) is 0 Å². The quantitative estimate of drug-likeness (QED) is 0.652. The minimum absolute atomic E-state index is 0.550. The zero-order valence-electron chi connectivity index (χ0n) is 9.57. The Morgan fingerprint density at radius 1 is 1.06 bits per heavy atom. The van der Waals surface area contributed by atoms with E-state index in [4.69, 9.17) is 0 Å². The first-order chi connectivity index (χ1) is 7.74. The third kappa shape index (κ3) is 2.14. The molecule has 0 unspecified atom stereocenters. The van der Waals surface area contributed by atoms with E-state index < -0.39 is 0 Å². The summed E-state index contributed by atoms with van der Waals surface area (Å²) in [6.07, 6.45) is 2.18. The van der Waals surface area contributed by atoms with Crippen LogP contribution < -0.4 is 0 Å². The second-order valence-electron chi connectivity index (χ2n) is 4.24. The second-order valence-corrected chi connectivity index (χ2v) is 4.96. The molecule has 2 rings (SSSR count). The van der Waals surface area contributed by atoms with Crippen LogP contribution >= 0.6 is 22.6 Å². The van der Waals surface area contributed by atoms with E-state index in [0.717, 1.165) is 0 Å². The molecule has 16 heavy (non-hydrogen) atoms. The summed E-state index contributed by atoms with van der Waals surface area (Å²) >= 11 is 2.27. The zero-order valence-corrected chi connectivity index (χ0v) is 11.7. The van der Waals surface area contributed by atoms with Crippen molar-refractivity contribution in [2.24, 2.45) is 0 Å². The van der Waals surface area contributed by atoms with E-state index in [1.165, 1.54) is 21.9 Å². The molecule has 0 heterocycles. The summed E-state index contributed by atoms with van der Waals surface area (Å²) < 4.78 is 2.08. The van der Waals surface area contributed by atoms with Crippen molar-refractivity contribution < 1.29 is 0 Å². The maximum atomic E-state index is 2.27. The van der Waals surface area contributed by atoms with Crippen LogP contribution in [0.2, 0.25) is 0 Å². The first-order valence-electron chi connectivity index (χ1n) is 5.52. The number of benzene rings is 2. The first-order valence-corrected chi connectivity index (χ1v) is 6.77. The monoisotopic (exact) mass is 322 g/mol. The van der Waals surface area contributed by atoms with E-state index in [1.807, 2.05) is 0 Å². The van der Waals surface area contributed by atoms with Crippen molar-refractivity contribution in [2.45, 2.75) is 19.8 Å². The summed E-state index contributed by atoms with van der Waals surface area (Å²) in [5, 5.41) is 2.71. The molecule has 0 amide bonds. The maximum Gasteiger partial charge on any atom is -0.0143 e. The van der Waals surface area contributed by atoms with Gasteiger partial charge in [-0.1, -0.05) is 72.8 Å². The van der Waals surface area contributed by atoms with Gasteiger partial charge in [-0.2, -0.15) is 0 Å². The predicted molar refractivity (Wildman–Crippen MR) is 81.1 cm³/mol. The molecule has 0 aromatic heterocycles. The largest absolute Gasteiger partial charge is 0.0616 e. The van der Waals surface area contributed by atoms with Gasteiger partial charge in [0, 0.05) is 0 Å². The minimum atomic E-state index is 0.550. The molecule has 0 N–H and O–H groups in total. The molecule has 0 atom stereocenters. The van der Waals surface area contributed by atoms with Gasteiger partial charge in [0.2, 0.25) is 0 Å². The Morgan fingerprint density at radius 3 is 2.50 bits per heavy atom. The number of rotatable bonds is 2. The lowest BCUT2D eigenvalue weighted by atomic mass is 9.91. The van der Waals surface area contributed by atoms with Gasteiger partial charge in [0.15, 0.2) is 0 Å². The van der Waals surface area contributed by atoms with Gasteiger partial charge in [-0.05, 0) is 38.0 Å². The fraction of sp³-hybridized carbons (Fsp3) is 0.200. The van der Waals surface area contributed by atoms with Crippen molar-refractivity contribution >= 4 is 39.4 Å². The summed E-state index contributed by atoms with van der Waals surface area (Å²) in [5.41, 5.74) is 2.79. The van der Waals surface area contributed by atoms with Gasteiger partial charge < -0.3 is 0 Å². The molecule has 0 radical (unpaired) electrons. The van der Waals surface area contributed by atoms with Crippen molar-refractivity contribution in [3.8, 4) is 0 Å². The Morgan fingerprint density at radius 2 is 1.81 bits per heavy atom. The molecular formula is C15H15I. The van der Waals surface area contributed by atoms with Crippen molar-refractivity contribution in [3.05, 3.63) is 51.6 Å². The summed E-state index contributed by atoms with van der Waals surface area (Å²) in [5.74, 6) is 0.550. The number of hydrogen-bond acceptors (Lipinski definition) is 0. The smallest absolute Gasteiger partial charge is 0.0143 e. The van der Waals surface area contributed by atoms with Crippen LogP contribution in [0, 0.1) is 0 Å². The normalized spacial score (nSPS) is 11.8. The highest BCUT2D eigenvalue weighted by atomic mass is 127. The van der Waals surface area contributed by atoms with Gasteiger partial charge in [0.25, 0.3) is 0 Å². The van der Waals surface area contributed by atoms with Gasteiger partial charge in [-0.15, -0.1) is 0 Å². The van der Waals surface area contributed by atoms with Crippen LogP contribution in [0.1, 0.15) is 30.9 Å². The summed E-state index contributed by atoms with van der Waals surface area (Å²) in [6.45, 7) is 4.51. The number of hydrogen-bond donors (Lipinski definition) is 0. The fourth-order valence-electron chi connectivity index (χ4n) is 2.17. The Bertz CT molecular complexity index is 524. The number of fused-ring (bicyclic) bond motifs is 1. The molecule has 0 bridgehead atoms. The molecule has 1 heteroatoms. The van der Waals surface area contributed by atoms with Crippen LogP contribution in [-0.2, 0) is 0 Å². The molecule has 0 fully saturated rings. The second kappa shape index (κ2) is 5.00. The van der Waals surface area contributed by atoms with Gasteiger partial charge in [0.1, 0.15) is 0 Å². The van der Waals surface area contributed by atoms with E-state index in [1.54, 1.807) is 0 Å². The van der Waals surface area contributed by atoms with Crippen LogP contribution in [0.3, 0.4) is 0 Å². The topological polar surface area (TPSA) is 0 Å². The van der Waals surface area contributed by atoms with Crippen molar-refractivity contribution in [3.63, 3.8) is 0 Å². The molecule has 82 valence electrons. The van der Waals surface area contributed by atoms with E-state index in [9.17, 15) is 0 Å². The maximum absolute atomic E-state index is 2.27. The zero-order chi connectivity index (χ0) is 11.5. The molecule has 2 aromatic carbocycles. The molecule has 0 aliphatic heterocycles. The van der Waals surface area contributed by atoms with Gasteiger partial charge in [-0.3, -0.25) is 0 Å². The first kappa shape index (κ1) is 11.6. The van der Waals surface area contributed by atoms with E-state index in [2.05, 4.69) is 83.0 Å². The molecule has 0 nitrogen and oxygen atoms in total. The van der Waals surface area contributed by atoms with E-state index >= 15 is 0 Å². The highest BCUT2D eigenvalue weighted by molar-refractivity contribution is 14.1. The van der Waals surface area contributed by atoms with Crippen LogP contribution in [0.15, 0.2) is 40.5 Å². The standard InChI is InChI=1S/C15H15I/c1-11(2)15-13(9-10-16)8-7-12-5-3-4-6-14(12)15/h3-11H,1-2H3. The third-order valence-electron chi connectivity index (χ3n) is 2.82. The van der Waals surface area contributed by atoms with Crippen molar-refractivity contribution in [2.75, 3.05) is 0 Å². The predicted octanol–water partition coefficient (Wildman–Crippen LogP) is 5.37. The van der Waals surface area contributed by atoms with Crippen LogP contribution in [0.5, 0.6) is 0 Å². The Hall–Kier alpha value is -0.830. The molecule has 0 saturated heterocycles. The molecule has 0 saturated carbocycles. The summed E-state index contributed by atoms with van der Waals surface area (Å²) in [7, 11) is 0. The summed E-state index contributed by atoms with van der Waals surface area (Å²) in [4.78, 5) is 0. The van der Waals surface area contributed by atoms with Gasteiger partial charge in [0.05, 0.1) is 0 Å². The Balaban J connectivity index is 2.79. The molecule has 0 spiro atoms. The van der Waals surface area contributed by atoms with E-state index in [0.29, 0.717) is 5.92 Å². The third-order valence-corrected chi connectivity index (χ3v) is 3.18. The van der Waals surface area contributed by atoms with Crippen molar-refractivity contribution in [1.82, 2.24) is 0 Å².